The molecule has 0 aromatic heterocycles. The Morgan fingerprint density at radius 1 is 1.17 bits per heavy atom. The van der Waals surface area contributed by atoms with E-state index in [0.29, 0.717) is 26.2 Å². The molecule has 1 saturated carbocycles. The second kappa shape index (κ2) is 7.46. The van der Waals surface area contributed by atoms with Gasteiger partial charge in [0.05, 0.1) is 24.0 Å². The van der Waals surface area contributed by atoms with E-state index in [2.05, 4.69) is 0 Å². The molecule has 0 atom stereocenters. The summed E-state index contributed by atoms with van der Waals surface area (Å²) < 4.78 is 31.3. The molecular weight excluding hydrogens is 318 g/mol. The van der Waals surface area contributed by atoms with Gasteiger partial charge < -0.3 is 15.4 Å². The van der Waals surface area contributed by atoms with Gasteiger partial charge in [-0.3, -0.25) is 4.79 Å². The van der Waals surface area contributed by atoms with Crippen LogP contribution in [0.1, 0.15) is 39.5 Å². The molecule has 0 bridgehead atoms. The van der Waals surface area contributed by atoms with Gasteiger partial charge in [0.2, 0.25) is 15.9 Å². The molecule has 0 spiro atoms. The molecule has 7 nitrogen and oxygen atoms in total. The molecule has 1 aliphatic carbocycles. The predicted molar refractivity (Wildman–Crippen MR) is 88.4 cm³/mol. The van der Waals surface area contributed by atoms with Crippen molar-refractivity contribution in [2.75, 3.05) is 38.5 Å². The third-order valence-corrected chi connectivity index (χ3v) is 6.47. The van der Waals surface area contributed by atoms with Crippen molar-refractivity contribution in [3.63, 3.8) is 0 Å². The number of ether oxygens (including phenoxy) is 1. The molecule has 1 heterocycles. The number of hydrogen-bond acceptors (Lipinski definition) is 5. The molecule has 2 fully saturated rings. The van der Waals surface area contributed by atoms with Gasteiger partial charge in [-0.15, -0.1) is 0 Å². The van der Waals surface area contributed by atoms with Gasteiger partial charge in [0.15, 0.2) is 0 Å². The van der Waals surface area contributed by atoms with Gasteiger partial charge in [0.25, 0.3) is 0 Å². The van der Waals surface area contributed by atoms with Gasteiger partial charge in [-0.05, 0) is 26.7 Å². The summed E-state index contributed by atoms with van der Waals surface area (Å²) >= 11 is 0. The average molecular weight is 347 g/mol. The first kappa shape index (κ1) is 18.6. The van der Waals surface area contributed by atoms with Crippen LogP contribution in [0.25, 0.3) is 0 Å². The number of piperazine rings is 1. The maximum absolute atomic E-state index is 12.5. The Labute approximate surface area is 139 Å². The summed E-state index contributed by atoms with van der Waals surface area (Å²) in [7, 11) is -3.32. The van der Waals surface area contributed by atoms with Crippen molar-refractivity contribution in [1.82, 2.24) is 9.21 Å². The summed E-state index contributed by atoms with van der Waals surface area (Å²) in [4.78, 5) is 14.3. The summed E-state index contributed by atoms with van der Waals surface area (Å²) in [6.07, 6.45) is 3.47. The molecule has 0 aromatic rings. The number of carbonyl (C=O) groups is 1. The first-order valence-electron chi connectivity index (χ1n) is 8.42. The lowest BCUT2D eigenvalue weighted by molar-refractivity contribution is -0.138. The molecule has 2 aliphatic rings. The summed E-state index contributed by atoms with van der Waals surface area (Å²) in [6, 6.07) is 0. The highest BCUT2D eigenvalue weighted by Crippen LogP contribution is 2.29. The van der Waals surface area contributed by atoms with E-state index in [-0.39, 0.29) is 24.4 Å². The Morgan fingerprint density at radius 2 is 1.74 bits per heavy atom. The zero-order valence-electron chi connectivity index (χ0n) is 14.2. The maximum atomic E-state index is 12.5. The van der Waals surface area contributed by atoms with Crippen molar-refractivity contribution < 1.29 is 17.9 Å². The van der Waals surface area contributed by atoms with Crippen molar-refractivity contribution in [2.24, 2.45) is 5.73 Å². The van der Waals surface area contributed by atoms with Crippen molar-refractivity contribution in [2.45, 2.75) is 51.2 Å². The van der Waals surface area contributed by atoms with Gasteiger partial charge in [0, 0.05) is 26.2 Å². The zero-order chi connectivity index (χ0) is 17.1. The van der Waals surface area contributed by atoms with Gasteiger partial charge in [-0.2, -0.15) is 4.31 Å². The van der Waals surface area contributed by atoms with E-state index in [4.69, 9.17) is 10.5 Å². The van der Waals surface area contributed by atoms with E-state index in [1.165, 1.54) is 4.31 Å². The SMILES string of the molecule is CC(C)OCCS(=O)(=O)N1CCN(C(=O)C2(N)CCCC2)CC1. The lowest BCUT2D eigenvalue weighted by Gasteiger charge is -2.37. The Kier molecular flexibility index (Phi) is 6.05. The minimum absolute atomic E-state index is 0.0139. The fraction of sp³-hybridized carbons (Fsp3) is 0.933. The summed E-state index contributed by atoms with van der Waals surface area (Å²) in [5.41, 5.74) is 5.48. The van der Waals surface area contributed by atoms with E-state index >= 15 is 0 Å². The third kappa shape index (κ3) is 4.65. The summed E-state index contributed by atoms with van der Waals surface area (Å²) in [5.74, 6) is -0.0323. The second-order valence-electron chi connectivity index (χ2n) is 6.79. The smallest absolute Gasteiger partial charge is 0.242 e. The summed E-state index contributed by atoms with van der Waals surface area (Å²) in [6.45, 7) is 5.47. The number of hydrogen-bond donors (Lipinski definition) is 1. The van der Waals surface area contributed by atoms with Crippen LogP contribution in [0, 0.1) is 0 Å². The van der Waals surface area contributed by atoms with Crippen LogP contribution in [0.15, 0.2) is 0 Å². The molecule has 1 aliphatic heterocycles. The highest BCUT2D eigenvalue weighted by molar-refractivity contribution is 7.89. The Morgan fingerprint density at radius 3 is 2.26 bits per heavy atom. The number of amides is 1. The number of sulfonamides is 1. The first-order chi connectivity index (χ1) is 10.7. The quantitative estimate of drug-likeness (QED) is 0.739. The van der Waals surface area contributed by atoms with Gasteiger partial charge in [0.1, 0.15) is 0 Å². The summed E-state index contributed by atoms with van der Waals surface area (Å²) in [5, 5.41) is 0. The van der Waals surface area contributed by atoms with Gasteiger partial charge >= 0.3 is 0 Å². The molecular formula is C15H29N3O4S. The number of carbonyl (C=O) groups excluding carboxylic acids is 1. The molecule has 2 N–H and O–H groups in total. The topological polar surface area (TPSA) is 92.9 Å². The molecule has 1 saturated heterocycles. The predicted octanol–water partition coefficient (Wildman–Crippen LogP) is 0.157. The highest BCUT2D eigenvalue weighted by atomic mass is 32.2. The zero-order valence-corrected chi connectivity index (χ0v) is 15.0. The maximum Gasteiger partial charge on any atom is 0.242 e. The monoisotopic (exact) mass is 347 g/mol. The number of nitrogens with two attached hydrogens (primary N) is 1. The van der Waals surface area contributed by atoms with Crippen LogP contribution in [0.4, 0.5) is 0 Å². The molecule has 1 amide bonds. The molecule has 0 aromatic carbocycles. The normalized spacial score (nSPS) is 22.7. The van der Waals surface area contributed by atoms with E-state index in [9.17, 15) is 13.2 Å². The van der Waals surface area contributed by atoms with E-state index < -0.39 is 15.6 Å². The van der Waals surface area contributed by atoms with Crippen LogP contribution in [0.2, 0.25) is 0 Å². The minimum Gasteiger partial charge on any atom is -0.378 e. The van der Waals surface area contributed by atoms with Gasteiger partial charge in [-0.25, -0.2) is 8.42 Å². The fourth-order valence-corrected chi connectivity index (χ4v) is 4.51. The van der Waals surface area contributed by atoms with Crippen LogP contribution in [0.5, 0.6) is 0 Å². The van der Waals surface area contributed by atoms with Crippen LogP contribution >= 0.6 is 0 Å². The molecule has 23 heavy (non-hydrogen) atoms. The lowest BCUT2D eigenvalue weighted by atomic mass is 9.97. The average Bonchev–Trinajstić information content (AvgIpc) is 2.94. The van der Waals surface area contributed by atoms with E-state index in [1.807, 2.05) is 13.8 Å². The second-order valence-corrected chi connectivity index (χ2v) is 8.88. The Hall–Kier alpha value is -0.700. The molecule has 8 heteroatoms. The highest BCUT2D eigenvalue weighted by Gasteiger charge is 2.41. The standard InChI is InChI=1S/C15H29N3O4S/c1-13(2)22-11-12-23(20,21)18-9-7-17(8-10-18)14(19)15(16)5-3-4-6-15/h13H,3-12,16H2,1-2H3. The van der Waals surface area contributed by atoms with Crippen LogP contribution < -0.4 is 5.73 Å². The Bertz CT molecular complexity index is 507. The van der Waals surface area contributed by atoms with Gasteiger partial charge in [-0.1, -0.05) is 12.8 Å². The van der Waals surface area contributed by atoms with Crippen molar-refractivity contribution >= 4 is 15.9 Å². The molecule has 134 valence electrons. The molecule has 0 unspecified atom stereocenters. The number of nitrogens with zero attached hydrogens (tertiary/aromatic N) is 2. The fourth-order valence-electron chi connectivity index (χ4n) is 3.22. The van der Waals surface area contributed by atoms with E-state index in [1.54, 1.807) is 4.90 Å². The van der Waals surface area contributed by atoms with Crippen molar-refractivity contribution in [3.05, 3.63) is 0 Å². The first-order valence-corrected chi connectivity index (χ1v) is 10.0. The van der Waals surface area contributed by atoms with E-state index in [0.717, 1.165) is 25.7 Å². The minimum atomic E-state index is -3.32. The molecule has 2 rings (SSSR count). The lowest BCUT2D eigenvalue weighted by Crippen LogP contribution is -2.59. The van der Waals surface area contributed by atoms with Crippen LogP contribution in [-0.4, -0.2) is 73.7 Å². The van der Waals surface area contributed by atoms with Crippen molar-refractivity contribution in [1.29, 1.82) is 0 Å². The third-order valence-electron chi connectivity index (χ3n) is 4.63. The molecule has 0 radical (unpaired) electrons. The largest absolute Gasteiger partial charge is 0.378 e. The Balaban J connectivity index is 1.84. The van der Waals surface area contributed by atoms with Crippen molar-refractivity contribution in [3.8, 4) is 0 Å². The van der Waals surface area contributed by atoms with Crippen LogP contribution in [0.3, 0.4) is 0 Å². The van der Waals surface area contributed by atoms with Crippen LogP contribution in [-0.2, 0) is 19.6 Å². The number of rotatable bonds is 6.